The normalized spacial score (nSPS) is 14.6. The number of benzene rings is 1. The molecule has 8 nitrogen and oxygen atoms in total. The molecule has 0 spiro atoms. The van der Waals surface area contributed by atoms with Crippen molar-refractivity contribution in [1.82, 2.24) is 29.5 Å². The molecule has 1 aliphatic heterocycles. The predicted molar refractivity (Wildman–Crippen MR) is 138 cm³/mol. The number of aromatic nitrogens is 3. The van der Waals surface area contributed by atoms with Crippen LogP contribution in [0, 0.1) is 6.92 Å². The second kappa shape index (κ2) is 10.6. The van der Waals surface area contributed by atoms with Crippen LogP contribution in [0.3, 0.4) is 0 Å². The summed E-state index contributed by atoms with van der Waals surface area (Å²) in [6.45, 7) is 14.6. The Hall–Kier alpha value is -3.26. The summed E-state index contributed by atoms with van der Waals surface area (Å²) in [5.41, 5.74) is 4.28. The number of aryl methyl sites for hydroxylation is 1. The smallest absolute Gasteiger partial charge is 0.254 e. The number of nitrogens with zero attached hydrogens (tertiary/aromatic N) is 6. The van der Waals surface area contributed by atoms with Crippen LogP contribution in [-0.2, 0) is 4.79 Å². The first kappa shape index (κ1) is 24.9. The molecule has 35 heavy (non-hydrogen) atoms. The van der Waals surface area contributed by atoms with Crippen LogP contribution in [0.4, 0.5) is 0 Å². The Balaban J connectivity index is 1.59. The summed E-state index contributed by atoms with van der Waals surface area (Å²) < 4.78 is 1.88. The minimum absolute atomic E-state index is 0.0104. The zero-order chi connectivity index (χ0) is 25.1. The summed E-state index contributed by atoms with van der Waals surface area (Å²) in [4.78, 5) is 37.0. The summed E-state index contributed by atoms with van der Waals surface area (Å²) in [6.07, 6.45) is 1.76. The monoisotopic (exact) mass is 476 g/mol. The van der Waals surface area contributed by atoms with Gasteiger partial charge in [-0.2, -0.15) is 5.10 Å². The molecule has 186 valence electrons. The molecular formula is C27H36N6O2. The van der Waals surface area contributed by atoms with Crippen molar-refractivity contribution >= 4 is 22.8 Å². The molecule has 2 amide bonds. The maximum absolute atomic E-state index is 13.7. The molecule has 0 unspecified atom stereocenters. The van der Waals surface area contributed by atoms with Crippen molar-refractivity contribution in [1.29, 1.82) is 0 Å². The van der Waals surface area contributed by atoms with Gasteiger partial charge in [-0.1, -0.05) is 29.8 Å². The third-order valence-corrected chi connectivity index (χ3v) is 6.77. The van der Waals surface area contributed by atoms with Crippen molar-refractivity contribution in [2.75, 3.05) is 45.8 Å². The van der Waals surface area contributed by atoms with Gasteiger partial charge in [-0.25, -0.2) is 9.67 Å². The standard InChI is InChI=1S/C27H36N6O2/c1-6-31(7-2)25(34)18-30-12-14-32(15-13-30)27(35)22-16-24(21-10-8-20(5)9-11-21)29-26-23(22)17-28-33(26)19(3)4/h8-11,16-17,19H,6-7,12-15,18H2,1-5H3. The van der Waals surface area contributed by atoms with Crippen LogP contribution in [0.5, 0.6) is 0 Å². The van der Waals surface area contributed by atoms with Crippen LogP contribution in [0.15, 0.2) is 36.5 Å². The molecule has 1 aromatic carbocycles. The van der Waals surface area contributed by atoms with E-state index >= 15 is 0 Å². The molecule has 1 saturated heterocycles. The van der Waals surface area contributed by atoms with Crippen LogP contribution in [0.25, 0.3) is 22.3 Å². The number of carbonyl (C=O) groups is 2. The number of rotatable bonds is 7. The van der Waals surface area contributed by atoms with Gasteiger partial charge in [-0.15, -0.1) is 0 Å². The molecule has 0 aliphatic carbocycles. The lowest BCUT2D eigenvalue weighted by atomic mass is 10.0. The van der Waals surface area contributed by atoms with Gasteiger partial charge in [0.1, 0.15) is 0 Å². The van der Waals surface area contributed by atoms with Crippen molar-refractivity contribution in [3.8, 4) is 11.3 Å². The number of fused-ring (bicyclic) bond motifs is 1. The van der Waals surface area contributed by atoms with Gasteiger partial charge in [-0.05, 0) is 40.7 Å². The molecule has 3 aromatic rings. The minimum Gasteiger partial charge on any atom is -0.342 e. The highest BCUT2D eigenvalue weighted by molar-refractivity contribution is 6.06. The molecule has 4 rings (SSSR count). The number of pyridine rings is 1. The first-order valence-electron chi connectivity index (χ1n) is 12.6. The van der Waals surface area contributed by atoms with Gasteiger partial charge in [0.05, 0.1) is 29.4 Å². The Morgan fingerprint density at radius 1 is 1.03 bits per heavy atom. The van der Waals surface area contributed by atoms with E-state index in [9.17, 15) is 9.59 Å². The molecule has 2 aromatic heterocycles. The van der Waals surface area contributed by atoms with Gasteiger partial charge >= 0.3 is 0 Å². The van der Waals surface area contributed by atoms with E-state index in [0.717, 1.165) is 35.4 Å². The summed E-state index contributed by atoms with van der Waals surface area (Å²) in [5, 5.41) is 5.32. The molecule has 0 saturated carbocycles. The zero-order valence-corrected chi connectivity index (χ0v) is 21.5. The lowest BCUT2D eigenvalue weighted by Crippen LogP contribution is -2.51. The highest BCUT2D eigenvalue weighted by atomic mass is 16.2. The van der Waals surface area contributed by atoms with Crippen molar-refractivity contribution < 1.29 is 9.59 Å². The summed E-state index contributed by atoms with van der Waals surface area (Å²) in [5.74, 6) is 0.137. The summed E-state index contributed by atoms with van der Waals surface area (Å²) >= 11 is 0. The fraction of sp³-hybridized carbons (Fsp3) is 0.481. The van der Waals surface area contributed by atoms with E-state index < -0.39 is 0 Å². The van der Waals surface area contributed by atoms with Crippen LogP contribution in [0.2, 0.25) is 0 Å². The SMILES string of the molecule is CCN(CC)C(=O)CN1CCN(C(=O)c2cc(-c3ccc(C)cc3)nc3c2cnn3C(C)C)CC1. The first-order valence-corrected chi connectivity index (χ1v) is 12.6. The molecule has 1 aliphatic rings. The maximum atomic E-state index is 13.7. The number of amides is 2. The molecule has 8 heteroatoms. The molecule has 0 atom stereocenters. The highest BCUT2D eigenvalue weighted by Gasteiger charge is 2.27. The van der Waals surface area contributed by atoms with E-state index in [0.29, 0.717) is 38.3 Å². The van der Waals surface area contributed by atoms with E-state index in [4.69, 9.17) is 4.98 Å². The Kier molecular flexibility index (Phi) is 7.50. The second-order valence-corrected chi connectivity index (χ2v) is 9.48. The molecule has 1 fully saturated rings. The van der Waals surface area contributed by atoms with Gasteiger partial charge in [0.25, 0.3) is 5.91 Å². The topological polar surface area (TPSA) is 74.6 Å². The molecule has 0 radical (unpaired) electrons. The summed E-state index contributed by atoms with van der Waals surface area (Å²) in [7, 11) is 0. The third kappa shape index (κ3) is 5.22. The first-order chi connectivity index (χ1) is 16.8. The van der Waals surface area contributed by atoms with Gasteiger partial charge in [0.2, 0.25) is 5.91 Å². The van der Waals surface area contributed by atoms with E-state index in [1.54, 1.807) is 6.20 Å². The highest BCUT2D eigenvalue weighted by Crippen LogP contribution is 2.28. The number of hydrogen-bond acceptors (Lipinski definition) is 5. The predicted octanol–water partition coefficient (Wildman–Crippen LogP) is 3.61. The Morgan fingerprint density at radius 3 is 2.29 bits per heavy atom. The molecule has 3 heterocycles. The largest absolute Gasteiger partial charge is 0.342 e. The van der Waals surface area contributed by atoms with Crippen LogP contribution in [0.1, 0.15) is 49.7 Å². The Morgan fingerprint density at radius 2 is 1.69 bits per heavy atom. The van der Waals surface area contributed by atoms with Crippen LogP contribution in [-0.4, -0.2) is 87.1 Å². The van der Waals surface area contributed by atoms with Crippen molar-refractivity contribution in [2.45, 2.75) is 40.7 Å². The van der Waals surface area contributed by atoms with Gasteiger partial charge in [0, 0.05) is 50.9 Å². The van der Waals surface area contributed by atoms with Gasteiger partial charge < -0.3 is 9.80 Å². The molecule has 0 N–H and O–H groups in total. The van der Waals surface area contributed by atoms with Crippen molar-refractivity contribution in [2.24, 2.45) is 0 Å². The second-order valence-electron chi connectivity index (χ2n) is 9.48. The van der Waals surface area contributed by atoms with Crippen LogP contribution < -0.4 is 0 Å². The average Bonchev–Trinajstić information content (AvgIpc) is 3.29. The number of piperazine rings is 1. The zero-order valence-electron chi connectivity index (χ0n) is 21.5. The number of likely N-dealkylation sites (N-methyl/N-ethyl adjacent to an activating group) is 1. The average molecular weight is 477 g/mol. The molecule has 0 bridgehead atoms. The lowest BCUT2D eigenvalue weighted by Gasteiger charge is -2.35. The minimum atomic E-state index is -0.0104. The van der Waals surface area contributed by atoms with Crippen molar-refractivity contribution in [3.63, 3.8) is 0 Å². The lowest BCUT2D eigenvalue weighted by molar-refractivity contribution is -0.132. The fourth-order valence-corrected chi connectivity index (χ4v) is 4.59. The van der Waals surface area contributed by atoms with Gasteiger partial charge in [0.15, 0.2) is 5.65 Å². The number of hydrogen-bond donors (Lipinski definition) is 0. The van der Waals surface area contributed by atoms with E-state index in [1.165, 1.54) is 5.56 Å². The summed E-state index contributed by atoms with van der Waals surface area (Å²) in [6, 6.07) is 10.2. The number of carbonyl (C=O) groups excluding carboxylic acids is 2. The Bertz CT molecular complexity index is 1190. The van der Waals surface area contributed by atoms with E-state index in [1.807, 2.05) is 46.5 Å². The third-order valence-electron chi connectivity index (χ3n) is 6.77. The fourth-order valence-electron chi connectivity index (χ4n) is 4.59. The van der Waals surface area contributed by atoms with E-state index in [-0.39, 0.29) is 17.9 Å². The van der Waals surface area contributed by atoms with Crippen molar-refractivity contribution in [3.05, 3.63) is 47.7 Å². The maximum Gasteiger partial charge on any atom is 0.254 e. The van der Waals surface area contributed by atoms with E-state index in [2.05, 4.69) is 42.9 Å². The van der Waals surface area contributed by atoms with Gasteiger partial charge in [-0.3, -0.25) is 14.5 Å². The van der Waals surface area contributed by atoms with Crippen LogP contribution >= 0.6 is 0 Å². The molecular weight excluding hydrogens is 440 g/mol. The quantitative estimate of drug-likeness (QED) is 0.521. The Labute approximate surface area is 207 Å².